The molecule has 0 bridgehead atoms. The van der Waals surface area contributed by atoms with Crippen LogP contribution in [0.15, 0.2) is 6.20 Å². The van der Waals surface area contributed by atoms with E-state index in [9.17, 15) is 14.9 Å². The van der Waals surface area contributed by atoms with E-state index in [4.69, 9.17) is 4.74 Å². The lowest BCUT2D eigenvalue weighted by Gasteiger charge is -2.18. The van der Waals surface area contributed by atoms with E-state index in [0.29, 0.717) is 0 Å². The third kappa shape index (κ3) is 3.64. The van der Waals surface area contributed by atoms with Crippen molar-refractivity contribution in [2.75, 3.05) is 0 Å². The second-order valence-corrected chi connectivity index (χ2v) is 4.08. The zero-order valence-corrected chi connectivity index (χ0v) is 9.21. The number of nitro groups is 1. The Hall–Kier alpha value is -1.99. The van der Waals surface area contributed by atoms with Crippen LogP contribution in [0.25, 0.3) is 0 Å². The van der Waals surface area contributed by atoms with Crippen molar-refractivity contribution in [3.63, 3.8) is 0 Å². The number of aromatic nitrogens is 3. The van der Waals surface area contributed by atoms with Crippen LogP contribution in [-0.4, -0.2) is 31.5 Å². The van der Waals surface area contributed by atoms with E-state index in [1.165, 1.54) is 0 Å². The molecule has 16 heavy (non-hydrogen) atoms. The molecule has 0 aliphatic carbocycles. The molecule has 1 aromatic rings. The summed E-state index contributed by atoms with van der Waals surface area (Å²) in [5.41, 5.74) is -0.601. The Morgan fingerprint density at radius 1 is 1.62 bits per heavy atom. The molecule has 1 rings (SSSR count). The van der Waals surface area contributed by atoms with Crippen molar-refractivity contribution in [2.45, 2.75) is 32.9 Å². The molecular formula is C8H12N4O4. The van der Waals surface area contributed by atoms with Gasteiger partial charge in [0.25, 0.3) is 0 Å². The van der Waals surface area contributed by atoms with Crippen molar-refractivity contribution in [3.05, 3.63) is 16.3 Å². The van der Waals surface area contributed by atoms with Gasteiger partial charge in [-0.1, -0.05) is 4.80 Å². The zero-order chi connectivity index (χ0) is 12.3. The molecular weight excluding hydrogens is 216 g/mol. The second-order valence-electron chi connectivity index (χ2n) is 4.08. The van der Waals surface area contributed by atoms with Gasteiger partial charge in [0.05, 0.1) is 5.10 Å². The van der Waals surface area contributed by atoms with E-state index < -0.39 is 22.3 Å². The summed E-state index contributed by atoms with van der Waals surface area (Å²) in [5, 5.41) is 17.4. The average Bonchev–Trinajstić information content (AvgIpc) is 2.48. The molecule has 1 aromatic heterocycles. The zero-order valence-electron chi connectivity index (χ0n) is 9.21. The normalized spacial score (nSPS) is 11.2. The number of rotatable bonds is 3. The maximum absolute atomic E-state index is 11.3. The first-order chi connectivity index (χ1) is 7.28. The van der Waals surface area contributed by atoms with E-state index in [-0.39, 0.29) is 6.54 Å². The molecule has 0 saturated heterocycles. The van der Waals surface area contributed by atoms with Crippen molar-refractivity contribution >= 4 is 11.8 Å². The number of esters is 1. The van der Waals surface area contributed by atoms with Gasteiger partial charge in [-0.15, -0.1) is 5.10 Å². The Morgan fingerprint density at radius 2 is 2.25 bits per heavy atom. The van der Waals surface area contributed by atoms with Crippen molar-refractivity contribution in [1.82, 2.24) is 15.0 Å². The van der Waals surface area contributed by atoms with Gasteiger partial charge < -0.3 is 14.9 Å². The van der Waals surface area contributed by atoms with Gasteiger partial charge in [0.1, 0.15) is 5.60 Å². The molecule has 8 nitrogen and oxygen atoms in total. The maximum atomic E-state index is 11.3. The lowest BCUT2D eigenvalue weighted by molar-refractivity contribution is -0.389. The molecule has 1 heterocycles. The summed E-state index contributed by atoms with van der Waals surface area (Å²) in [6.45, 7) is 4.93. The molecule has 0 atom stereocenters. The molecule has 8 heteroatoms. The molecule has 0 radical (unpaired) electrons. The van der Waals surface area contributed by atoms with Crippen molar-refractivity contribution < 1.29 is 14.5 Å². The highest BCUT2D eigenvalue weighted by atomic mass is 16.6. The highest BCUT2D eigenvalue weighted by Gasteiger charge is 2.20. The van der Waals surface area contributed by atoms with E-state index >= 15 is 0 Å². The number of nitrogens with zero attached hydrogens (tertiary/aromatic N) is 4. The minimum absolute atomic E-state index is 0.245. The molecule has 0 spiro atoms. The van der Waals surface area contributed by atoms with Crippen LogP contribution in [0.4, 0.5) is 5.82 Å². The SMILES string of the molecule is CC(C)(C)OC(=O)Cn1ncc([N+](=O)[O-])n1. The predicted octanol–water partition coefficient (Wildman–Crippen LogP) is 0.528. The minimum Gasteiger partial charge on any atom is -0.458 e. The molecule has 0 saturated carbocycles. The number of carbonyl (C=O) groups is 1. The summed E-state index contributed by atoms with van der Waals surface area (Å²) in [4.78, 5) is 21.9. The smallest absolute Gasteiger partial charge is 0.410 e. The van der Waals surface area contributed by atoms with Crippen molar-refractivity contribution in [2.24, 2.45) is 0 Å². The van der Waals surface area contributed by atoms with Crippen molar-refractivity contribution in [1.29, 1.82) is 0 Å². The first kappa shape index (κ1) is 12.1. The van der Waals surface area contributed by atoms with Crippen LogP contribution < -0.4 is 0 Å². The molecule has 0 N–H and O–H groups in total. The summed E-state index contributed by atoms with van der Waals surface area (Å²) >= 11 is 0. The van der Waals surface area contributed by atoms with Crippen LogP contribution in [0.1, 0.15) is 20.8 Å². The van der Waals surface area contributed by atoms with Gasteiger partial charge in [-0.25, -0.2) is 4.79 Å². The van der Waals surface area contributed by atoms with Gasteiger partial charge >= 0.3 is 11.8 Å². The summed E-state index contributed by atoms with van der Waals surface area (Å²) < 4.78 is 5.00. The standard InChI is InChI=1S/C8H12N4O4/c1-8(2,3)16-7(13)5-11-9-4-6(10-11)12(14)15/h4H,5H2,1-3H3. The van der Waals surface area contributed by atoms with Crippen LogP contribution in [0, 0.1) is 10.1 Å². The number of hydrogen-bond acceptors (Lipinski definition) is 6. The van der Waals surface area contributed by atoms with Gasteiger partial charge in [0.2, 0.25) is 0 Å². The van der Waals surface area contributed by atoms with Gasteiger partial charge in [-0.2, -0.15) is 0 Å². The fourth-order valence-corrected chi connectivity index (χ4v) is 0.937. The van der Waals surface area contributed by atoms with Crippen LogP contribution in [0.2, 0.25) is 0 Å². The summed E-state index contributed by atoms with van der Waals surface area (Å²) in [6, 6.07) is 0. The van der Waals surface area contributed by atoms with Crippen LogP contribution in [0.5, 0.6) is 0 Å². The Bertz CT molecular complexity index is 406. The highest BCUT2D eigenvalue weighted by Crippen LogP contribution is 2.08. The quantitative estimate of drug-likeness (QED) is 0.425. The summed E-state index contributed by atoms with van der Waals surface area (Å²) in [7, 11) is 0. The van der Waals surface area contributed by atoms with Gasteiger partial charge in [-0.3, -0.25) is 0 Å². The first-order valence-corrected chi connectivity index (χ1v) is 4.54. The molecule has 0 amide bonds. The summed E-state index contributed by atoms with van der Waals surface area (Å²) in [6.07, 6.45) is 0.977. The lowest BCUT2D eigenvalue weighted by atomic mass is 10.2. The minimum atomic E-state index is -0.682. The van der Waals surface area contributed by atoms with Crippen LogP contribution in [-0.2, 0) is 16.1 Å². The van der Waals surface area contributed by atoms with E-state index in [1.54, 1.807) is 20.8 Å². The molecule has 0 fully saturated rings. The summed E-state index contributed by atoms with van der Waals surface area (Å²) in [5.74, 6) is -0.943. The number of carbonyl (C=O) groups excluding carboxylic acids is 1. The van der Waals surface area contributed by atoms with Crippen LogP contribution in [0.3, 0.4) is 0 Å². The molecule has 0 aliphatic rings. The monoisotopic (exact) mass is 228 g/mol. The largest absolute Gasteiger partial charge is 0.458 e. The third-order valence-electron chi connectivity index (χ3n) is 1.40. The van der Waals surface area contributed by atoms with Crippen LogP contribution >= 0.6 is 0 Å². The van der Waals surface area contributed by atoms with E-state index in [2.05, 4.69) is 10.2 Å². The second kappa shape index (κ2) is 4.25. The predicted molar refractivity (Wildman–Crippen MR) is 52.5 cm³/mol. The fraction of sp³-hybridized carbons (Fsp3) is 0.625. The lowest BCUT2D eigenvalue weighted by Crippen LogP contribution is -2.27. The fourth-order valence-electron chi connectivity index (χ4n) is 0.937. The Kier molecular flexibility index (Phi) is 3.21. The van der Waals surface area contributed by atoms with Gasteiger partial charge in [0.15, 0.2) is 12.7 Å². The molecule has 0 unspecified atom stereocenters. The Labute approximate surface area is 91.3 Å². The van der Waals surface area contributed by atoms with E-state index in [1.807, 2.05) is 0 Å². The average molecular weight is 228 g/mol. The topological polar surface area (TPSA) is 100 Å². The van der Waals surface area contributed by atoms with Gasteiger partial charge in [0, 0.05) is 0 Å². The molecule has 88 valence electrons. The Morgan fingerprint density at radius 3 is 2.69 bits per heavy atom. The maximum Gasteiger partial charge on any atom is 0.410 e. The number of hydrogen-bond donors (Lipinski definition) is 0. The first-order valence-electron chi connectivity index (χ1n) is 4.54. The molecule has 0 aliphatic heterocycles. The Balaban J connectivity index is 2.60. The number of ether oxygens (including phenoxy) is 1. The molecule has 0 aromatic carbocycles. The third-order valence-corrected chi connectivity index (χ3v) is 1.40. The highest BCUT2D eigenvalue weighted by molar-refractivity contribution is 5.69. The van der Waals surface area contributed by atoms with E-state index in [0.717, 1.165) is 11.0 Å². The van der Waals surface area contributed by atoms with Gasteiger partial charge in [-0.05, 0) is 25.7 Å². The van der Waals surface area contributed by atoms with Crippen molar-refractivity contribution in [3.8, 4) is 0 Å².